The van der Waals surface area contributed by atoms with Crippen LogP contribution >= 0.6 is 0 Å². The third kappa shape index (κ3) is 6.57. The molecular formula is C16H27N3O. The summed E-state index contributed by atoms with van der Waals surface area (Å²) >= 11 is 0. The van der Waals surface area contributed by atoms with E-state index in [9.17, 15) is 4.79 Å². The van der Waals surface area contributed by atoms with Crippen LogP contribution in [0.15, 0.2) is 30.3 Å². The van der Waals surface area contributed by atoms with Crippen molar-refractivity contribution >= 4 is 11.6 Å². The van der Waals surface area contributed by atoms with Crippen molar-refractivity contribution < 1.29 is 4.79 Å². The van der Waals surface area contributed by atoms with Crippen LogP contribution in [0.4, 0.5) is 5.69 Å². The van der Waals surface area contributed by atoms with E-state index in [1.54, 1.807) is 0 Å². The number of hydrogen-bond donors (Lipinski definition) is 2. The van der Waals surface area contributed by atoms with Crippen molar-refractivity contribution in [3.05, 3.63) is 30.3 Å². The van der Waals surface area contributed by atoms with Crippen molar-refractivity contribution in [2.24, 2.45) is 0 Å². The van der Waals surface area contributed by atoms with Crippen LogP contribution in [0.3, 0.4) is 0 Å². The fourth-order valence-electron chi connectivity index (χ4n) is 1.83. The lowest BCUT2D eigenvalue weighted by molar-refractivity contribution is -0.120. The van der Waals surface area contributed by atoms with Gasteiger partial charge in [0.25, 0.3) is 0 Å². The first-order valence-corrected chi connectivity index (χ1v) is 7.39. The standard InChI is InChI=1S/C16H27N3O/c1-4-14(2)18-13-16(20)17-11-8-12-19(3)15-9-6-5-7-10-15/h5-7,9-10,14,18H,4,8,11-13H2,1-3H3,(H,17,20). The highest BCUT2D eigenvalue weighted by atomic mass is 16.1. The van der Waals surface area contributed by atoms with Crippen LogP contribution in [0.25, 0.3) is 0 Å². The average molecular weight is 277 g/mol. The number of carbonyl (C=O) groups is 1. The second-order valence-electron chi connectivity index (χ2n) is 5.15. The number of anilines is 1. The molecule has 0 bridgehead atoms. The van der Waals surface area contributed by atoms with Gasteiger partial charge in [-0.3, -0.25) is 4.79 Å². The van der Waals surface area contributed by atoms with Gasteiger partial charge in [0, 0.05) is 31.9 Å². The molecule has 0 saturated carbocycles. The highest BCUT2D eigenvalue weighted by Gasteiger charge is 2.04. The molecule has 0 aliphatic rings. The van der Waals surface area contributed by atoms with Gasteiger partial charge in [0.2, 0.25) is 5.91 Å². The Hall–Kier alpha value is -1.55. The molecule has 1 atom stereocenters. The summed E-state index contributed by atoms with van der Waals surface area (Å²) in [5, 5.41) is 6.13. The summed E-state index contributed by atoms with van der Waals surface area (Å²) in [7, 11) is 2.07. The SMILES string of the molecule is CCC(C)NCC(=O)NCCCN(C)c1ccccc1. The minimum Gasteiger partial charge on any atom is -0.375 e. The number of amides is 1. The van der Waals surface area contributed by atoms with Crippen molar-refractivity contribution in [2.75, 3.05) is 31.6 Å². The Morgan fingerprint density at radius 1 is 1.30 bits per heavy atom. The van der Waals surface area contributed by atoms with E-state index in [0.29, 0.717) is 12.6 Å². The van der Waals surface area contributed by atoms with Crippen molar-refractivity contribution in [2.45, 2.75) is 32.7 Å². The molecule has 0 aliphatic heterocycles. The first-order valence-electron chi connectivity index (χ1n) is 7.39. The van der Waals surface area contributed by atoms with E-state index in [1.165, 1.54) is 5.69 Å². The maximum atomic E-state index is 11.6. The fraction of sp³-hybridized carbons (Fsp3) is 0.562. The zero-order valence-electron chi connectivity index (χ0n) is 12.9. The van der Waals surface area contributed by atoms with Gasteiger partial charge in [0.05, 0.1) is 6.54 Å². The summed E-state index contributed by atoms with van der Waals surface area (Å²) in [4.78, 5) is 13.8. The lowest BCUT2D eigenvalue weighted by Gasteiger charge is -2.19. The second kappa shape index (κ2) is 9.37. The lowest BCUT2D eigenvalue weighted by Crippen LogP contribution is -2.38. The Morgan fingerprint density at radius 2 is 2.00 bits per heavy atom. The van der Waals surface area contributed by atoms with Gasteiger partial charge in [-0.2, -0.15) is 0 Å². The van der Waals surface area contributed by atoms with Gasteiger partial charge in [-0.1, -0.05) is 25.1 Å². The first kappa shape index (κ1) is 16.5. The average Bonchev–Trinajstić information content (AvgIpc) is 2.49. The number of carbonyl (C=O) groups excluding carboxylic acids is 1. The summed E-state index contributed by atoms with van der Waals surface area (Å²) < 4.78 is 0. The van der Waals surface area contributed by atoms with Crippen LogP contribution in [0.5, 0.6) is 0 Å². The molecule has 0 heterocycles. The van der Waals surface area contributed by atoms with E-state index in [0.717, 1.165) is 25.9 Å². The molecule has 4 heteroatoms. The van der Waals surface area contributed by atoms with Gasteiger partial charge in [-0.25, -0.2) is 0 Å². The molecule has 1 aromatic rings. The van der Waals surface area contributed by atoms with E-state index in [4.69, 9.17) is 0 Å². The van der Waals surface area contributed by atoms with Crippen molar-refractivity contribution in [3.8, 4) is 0 Å². The predicted octanol–water partition coefficient (Wildman–Crippen LogP) is 2.02. The van der Waals surface area contributed by atoms with Gasteiger partial charge in [0.15, 0.2) is 0 Å². The molecular weight excluding hydrogens is 250 g/mol. The fourth-order valence-corrected chi connectivity index (χ4v) is 1.83. The number of nitrogens with zero attached hydrogens (tertiary/aromatic N) is 1. The van der Waals surface area contributed by atoms with Crippen LogP contribution in [-0.4, -0.2) is 38.6 Å². The highest BCUT2D eigenvalue weighted by Crippen LogP contribution is 2.10. The van der Waals surface area contributed by atoms with Crippen LogP contribution < -0.4 is 15.5 Å². The summed E-state index contributed by atoms with van der Waals surface area (Å²) in [6.45, 7) is 6.25. The second-order valence-corrected chi connectivity index (χ2v) is 5.15. The van der Waals surface area contributed by atoms with Crippen LogP contribution in [0, 0.1) is 0 Å². The number of rotatable bonds is 9. The Kier molecular flexibility index (Phi) is 7.73. The molecule has 4 nitrogen and oxygen atoms in total. The van der Waals surface area contributed by atoms with Crippen LogP contribution in [-0.2, 0) is 4.79 Å². The normalized spacial score (nSPS) is 11.9. The molecule has 20 heavy (non-hydrogen) atoms. The topological polar surface area (TPSA) is 44.4 Å². The van der Waals surface area contributed by atoms with Crippen molar-refractivity contribution in [1.82, 2.24) is 10.6 Å². The summed E-state index contributed by atoms with van der Waals surface area (Å²) in [5.74, 6) is 0.0765. The van der Waals surface area contributed by atoms with E-state index >= 15 is 0 Å². The van der Waals surface area contributed by atoms with E-state index in [1.807, 2.05) is 18.2 Å². The van der Waals surface area contributed by atoms with Gasteiger partial charge in [0.1, 0.15) is 0 Å². The number of para-hydroxylation sites is 1. The third-order valence-corrected chi connectivity index (χ3v) is 3.41. The molecule has 0 spiro atoms. The Labute approximate surface area is 122 Å². The molecule has 2 N–H and O–H groups in total. The largest absolute Gasteiger partial charge is 0.375 e. The predicted molar refractivity (Wildman–Crippen MR) is 85.1 cm³/mol. The summed E-state index contributed by atoms with van der Waals surface area (Å²) in [6.07, 6.45) is 1.98. The Balaban J connectivity index is 2.11. The Bertz CT molecular complexity index is 381. The number of hydrogen-bond acceptors (Lipinski definition) is 3. The summed E-state index contributed by atoms with van der Waals surface area (Å²) in [6, 6.07) is 10.7. The molecule has 0 fully saturated rings. The van der Waals surface area contributed by atoms with E-state index in [-0.39, 0.29) is 5.91 Å². The maximum Gasteiger partial charge on any atom is 0.233 e. The summed E-state index contributed by atoms with van der Waals surface area (Å²) in [5.41, 5.74) is 1.21. The van der Waals surface area contributed by atoms with Crippen molar-refractivity contribution in [3.63, 3.8) is 0 Å². The third-order valence-electron chi connectivity index (χ3n) is 3.41. The molecule has 0 saturated heterocycles. The first-order chi connectivity index (χ1) is 9.63. The van der Waals surface area contributed by atoms with E-state index < -0.39 is 0 Å². The molecule has 1 unspecified atom stereocenters. The van der Waals surface area contributed by atoms with Gasteiger partial charge in [-0.15, -0.1) is 0 Å². The van der Waals surface area contributed by atoms with Crippen molar-refractivity contribution in [1.29, 1.82) is 0 Å². The molecule has 1 rings (SSSR count). The van der Waals surface area contributed by atoms with E-state index in [2.05, 4.69) is 48.6 Å². The minimum absolute atomic E-state index is 0.0765. The van der Waals surface area contributed by atoms with Gasteiger partial charge in [-0.05, 0) is 31.9 Å². The zero-order valence-corrected chi connectivity index (χ0v) is 12.9. The molecule has 0 radical (unpaired) electrons. The Morgan fingerprint density at radius 3 is 2.65 bits per heavy atom. The lowest BCUT2D eigenvalue weighted by atomic mass is 10.2. The number of nitrogens with one attached hydrogen (secondary N) is 2. The quantitative estimate of drug-likeness (QED) is 0.679. The molecule has 0 aromatic heterocycles. The molecule has 0 aliphatic carbocycles. The van der Waals surface area contributed by atoms with Gasteiger partial charge < -0.3 is 15.5 Å². The molecule has 112 valence electrons. The smallest absolute Gasteiger partial charge is 0.233 e. The van der Waals surface area contributed by atoms with Crippen LogP contribution in [0.1, 0.15) is 26.7 Å². The zero-order chi connectivity index (χ0) is 14.8. The van der Waals surface area contributed by atoms with Crippen LogP contribution in [0.2, 0.25) is 0 Å². The van der Waals surface area contributed by atoms with Gasteiger partial charge >= 0.3 is 0 Å². The molecule has 1 aromatic carbocycles. The molecule has 1 amide bonds. The number of benzene rings is 1. The highest BCUT2D eigenvalue weighted by molar-refractivity contribution is 5.77. The minimum atomic E-state index is 0.0765. The monoisotopic (exact) mass is 277 g/mol. The maximum absolute atomic E-state index is 11.6.